The van der Waals surface area contributed by atoms with Crippen LogP contribution >= 0.6 is 0 Å². The molecule has 88 valence electrons. The van der Waals surface area contributed by atoms with Crippen LogP contribution in [0.2, 0.25) is 0 Å². The summed E-state index contributed by atoms with van der Waals surface area (Å²) in [6.45, 7) is -0.319. The zero-order chi connectivity index (χ0) is 12.1. The number of hydrogen-bond acceptors (Lipinski definition) is 5. The number of carbonyl (C=O) groups excluding carboxylic acids is 2. The summed E-state index contributed by atoms with van der Waals surface area (Å²) in [5, 5.41) is 3.81. The van der Waals surface area contributed by atoms with Gasteiger partial charge in [-0.1, -0.05) is 0 Å². The molecule has 1 heterocycles. The van der Waals surface area contributed by atoms with E-state index < -0.39 is 5.97 Å². The number of hydrogen-bond donors (Lipinski definition) is 1. The first-order chi connectivity index (χ1) is 7.49. The van der Waals surface area contributed by atoms with Gasteiger partial charge < -0.3 is 15.4 Å². The highest BCUT2D eigenvalue weighted by atomic mass is 16.5. The SMILES string of the molecule is CN(C)C(=O)COC(=O)Cn1cc(N)cn1. The number of anilines is 1. The number of aromatic nitrogens is 2. The number of amides is 1. The van der Waals surface area contributed by atoms with E-state index >= 15 is 0 Å². The quantitative estimate of drug-likeness (QED) is 0.672. The number of carbonyl (C=O) groups is 2. The number of nitrogens with two attached hydrogens (primary N) is 1. The standard InChI is InChI=1S/C9H14N4O3/c1-12(2)8(14)6-16-9(15)5-13-4-7(10)3-11-13/h3-4H,5-6,10H2,1-2H3. The normalized spacial score (nSPS) is 9.88. The molecule has 1 aromatic rings. The summed E-state index contributed by atoms with van der Waals surface area (Å²) in [5.41, 5.74) is 5.89. The fourth-order valence-electron chi connectivity index (χ4n) is 0.915. The fourth-order valence-corrected chi connectivity index (χ4v) is 0.915. The third kappa shape index (κ3) is 3.60. The van der Waals surface area contributed by atoms with E-state index in [9.17, 15) is 9.59 Å². The molecular weight excluding hydrogens is 212 g/mol. The van der Waals surface area contributed by atoms with Crippen LogP contribution in [0.3, 0.4) is 0 Å². The second-order valence-corrected chi connectivity index (χ2v) is 3.42. The molecule has 1 aromatic heterocycles. The minimum absolute atomic E-state index is 0.0576. The van der Waals surface area contributed by atoms with Gasteiger partial charge in [0.1, 0.15) is 6.54 Å². The van der Waals surface area contributed by atoms with E-state index in [1.165, 1.54) is 22.0 Å². The molecule has 2 N–H and O–H groups in total. The molecular formula is C9H14N4O3. The molecule has 0 atom stereocenters. The Hall–Kier alpha value is -2.05. The Kier molecular flexibility index (Phi) is 3.87. The molecule has 1 amide bonds. The molecule has 0 saturated carbocycles. The van der Waals surface area contributed by atoms with Crippen molar-refractivity contribution in [3.05, 3.63) is 12.4 Å². The van der Waals surface area contributed by atoms with Crippen LogP contribution in [0.1, 0.15) is 0 Å². The third-order valence-electron chi connectivity index (χ3n) is 1.80. The van der Waals surface area contributed by atoms with Crippen molar-refractivity contribution < 1.29 is 14.3 Å². The fraction of sp³-hybridized carbons (Fsp3) is 0.444. The van der Waals surface area contributed by atoms with Gasteiger partial charge in [-0.05, 0) is 0 Å². The highest BCUT2D eigenvalue weighted by Gasteiger charge is 2.09. The van der Waals surface area contributed by atoms with Crippen molar-refractivity contribution in [1.82, 2.24) is 14.7 Å². The maximum atomic E-state index is 11.3. The molecule has 0 bridgehead atoms. The van der Waals surface area contributed by atoms with E-state index in [2.05, 4.69) is 5.10 Å². The number of esters is 1. The lowest BCUT2D eigenvalue weighted by Gasteiger charge is -2.10. The highest BCUT2D eigenvalue weighted by molar-refractivity contribution is 5.80. The molecule has 7 heteroatoms. The first-order valence-corrected chi connectivity index (χ1v) is 4.62. The van der Waals surface area contributed by atoms with Crippen LogP contribution in [0.4, 0.5) is 5.69 Å². The minimum Gasteiger partial charge on any atom is -0.454 e. The number of nitrogen functional groups attached to an aromatic ring is 1. The molecule has 1 rings (SSSR count). The van der Waals surface area contributed by atoms with Crippen LogP contribution in [-0.2, 0) is 20.9 Å². The first-order valence-electron chi connectivity index (χ1n) is 4.62. The molecule has 16 heavy (non-hydrogen) atoms. The van der Waals surface area contributed by atoms with Gasteiger partial charge >= 0.3 is 5.97 Å². The Morgan fingerprint density at radius 2 is 2.25 bits per heavy atom. The molecule has 0 fully saturated rings. The second kappa shape index (κ2) is 5.15. The first kappa shape index (κ1) is 12.0. The Morgan fingerprint density at radius 3 is 2.75 bits per heavy atom. The van der Waals surface area contributed by atoms with E-state index in [4.69, 9.17) is 10.5 Å². The molecule has 0 radical (unpaired) electrons. The minimum atomic E-state index is -0.529. The Bertz CT molecular complexity index is 386. The summed E-state index contributed by atoms with van der Waals surface area (Å²) in [5.74, 6) is -0.799. The number of nitrogens with zero attached hydrogens (tertiary/aromatic N) is 3. The second-order valence-electron chi connectivity index (χ2n) is 3.42. The largest absolute Gasteiger partial charge is 0.454 e. The van der Waals surface area contributed by atoms with Gasteiger partial charge in [-0.3, -0.25) is 14.3 Å². The molecule has 0 unspecified atom stereocenters. The van der Waals surface area contributed by atoms with Crippen LogP contribution < -0.4 is 5.73 Å². The maximum absolute atomic E-state index is 11.3. The van der Waals surface area contributed by atoms with Gasteiger partial charge in [-0.25, -0.2) is 0 Å². The topological polar surface area (TPSA) is 90.5 Å². The Balaban J connectivity index is 2.34. The average Bonchev–Trinajstić information content (AvgIpc) is 2.60. The molecule has 0 saturated heterocycles. The average molecular weight is 226 g/mol. The summed E-state index contributed by atoms with van der Waals surface area (Å²) in [4.78, 5) is 23.7. The summed E-state index contributed by atoms with van der Waals surface area (Å²) in [6.07, 6.45) is 2.94. The summed E-state index contributed by atoms with van der Waals surface area (Å²) >= 11 is 0. The molecule has 7 nitrogen and oxygen atoms in total. The lowest BCUT2D eigenvalue weighted by molar-refractivity contribution is -0.151. The maximum Gasteiger partial charge on any atom is 0.328 e. The predicted molar refractivity (Wildman–Crippen MR) is 56.3 cm³/mol. The number of likely N-dealkylation sites (N-methyl/N-ethyl adjacent to an activating group) is 1. The van der Waals surface area contributed by atoms with Crippen molar-refractivity contribution in [3.8, 4) is 0 Å². The lowest BCUT2D eigenvalue weighted by atomic mass is 10.5. The van der Waals surface area contributed by atoms with E-state index in [0.29, 0.717) is 5.69 Å². The van der Waals surface area contributed by atoms with Crippen LogP contribution in [0.25, 0.3) is 0 Å². The Morgan fingerprint density at radius 1 is 1.56 bits per heavy atom. The Labute approximate surface area is 92.8 Å². The summed E-state index contributed by atoms with van der Waals surface area (Å²) < 4.78 is 6.09. The molecule has 0 aliphatic heterocycles. The molecule has 0 aliphatic rings. The smallest absolute Gasteiger partial charge is 0.328 e. The van der Waals surface area contributed by atoms with Crippen molar-refractivity contribution in [1.29, 1.82) is 0 Å². The lowest BCUT2D eigenvalue weighted by Crippen LogP contribution is -2.28. The van der Waals surface area contributed by atoms with Gasteiger partial charge in [0.2, 0.25) is 0 Å². The van der Waals surface area contributed by atoms with Gasteiger partial charge in [0, 0.05) is 20.3 Å². The van der Waals surface area contributed by atoms with Crippen molar-refractivity contribution in [2.75, 3.05) is 26.4 Å². The van der Waals surface area contributed by atoms with Gasteiger partial charge in [0.05, 0.1) is 11.9 Å². The predicted octanol–water partition coefficient (Wildman–Crippen LogP) is -0.903. The molecule has 0 aromatic carbocycles. The van der Waals surface area contributed by atoms with Gasteiger partial charge in [0.15, 0.2) is 6.61 Å². The van der Waals surface area contributed by atoms with Crippen molar-refractivity contribution >= 4 is 17.6 Å². The van der Waals surface area contributed by atoms with Crippen LogP contribution in [0.5, 0.6) is 0 Å². The summed E-state index contributed by atoms with van der Waals surface area (Å²) in [7, 11) is 3.18. The zero-order valence-electron chi connectivity index (χ0n) is 9.21. The van der Waals surface area contributed by atoms with E-state index in [1.807, 2.05) is 0 Å². The summed E-state index contributed by atoms with van der Waals surface area (Å²) in [6, 6.07) is 0. The molecule has 0 aliphatic carbocycles. The van der Waals surface area contributed by atoms with E-state index in [-0.39, 0.29) is 19.1 Å². The highest BCUT2D eigenvalue weighted by Crippen LogP contribution is 1.98. The number of rotatable bonds is 4. The number of ether oxygens (including phenoxy) is 1. The van der Waals surface area contributed by atoms with Gasteiger partial charge in [0.25, 0.3) is 5.91 Å². The van der Waals surface area contributed by atoms with Gasteiger partial charge in [-0.2, -0.15) is 5.10 Å². The van der Waals surface area contributed by atoms with E-state index in [1.54, 1.807) is 14.1 Å². The zero-order valence-corrected chi connectivity index (χ0v) is 9.21. The van der Waals surface area contributed by atoms with Crippen LogP contribution in [-0.4, -0.2) is 47.3 Å². The monoisotopic (exact) mass is 226 g/mol. The van der Waals surface area contributed by atoms with Crippen molar-refractivity contribution in [2.45, 2.75) is 6.54 Å². The van der Waals surface area contributed by atoms with Crippen molar-refractivity contribution in [3.63, 3.8) is 0 Å². The van der Waals surface area contributed by atoms with Crippen molar-refractivity contribution in [2.24, 2.45) is 0 Å². The van der Waals surface area contributed by atoms with Crippen LogP contribution in [0.15, 0.2) is 12.4 Å². The third-order valence-corrected chi connectivity index (χ3v) is 1.80. The van der Waals surface area contributed by atoms with E-state index in [0.717, 1.165) is 0 Å². The molecule has 0 spiro atoms. The van der Waals surface area contributed by atoms with Gasteiger partial charge in [-0.15, -0.1) is 0 Å². The van der Waals surface area contributed by atoms with Crippen LogP contribution in [0, 0.1) is 0 Å².